The van der Waals surface area contributed by atoms with Crippen LogP contribution in [0.4, 0.5) is 0 Å². The van der Waals surface area contributed by atoms with Gasteiger partial charge in [0, 0.05) is 6.42 Å². The summed E-state index contributed by atoms with van der Waals surface area (Å²) in [6, 6.07) is 0. The molecule has 0 bridgehead atoms. The van der Waals surface area contributed by atoms with Crippen molar-refractivity contribution in [2.24, 2.45) is 11.8 Å². The van der Waals surface area contributed by atoms with Gasteiger partial charge in [0.25, 0.3) is 0 Å². The molecule has 2 heteroatoms. The van der Waals surface area contributed by atoms with Gasteiger partial charge in [0.15, 0.2) is 5.79 Å². The fraction of sp³-hybridized carbons (Fsp3) is 1.00. The van der Waals surface area contributed by atoms with Gasteiger partial charge in [-0.2, -0.15) is 0 Å². The highest BCUT2D eigenvalue weighted by molar-refractivity contribution is 4.64. The van der Waals surface area contributed by atoms with Gasteiger partial charge in [-0.15, -0.1) is 0 Å². The average molecular weight is 230 g/mol. The summed E-state index contributed by atoms with van der Waals surface area (Å²) in [5, 5.41) is 0. The first-order valence-electron chi connectivity index (χ1n) is 6.67. The standard InChI is InChI=1S/C14H30O2/c1-7-8-9-14(6,15-10-12(2)3)16-11-13(4)5/h12-13H,7-11H2,1-6H3. The molecule has 0 radical (unpaired) electrons. The van der Waals surface area contributed by atoms with Crippen LogP contribution in [0.25, 0.3) is 0 Å². The molecule has 0 unspecified atom stereocenters. The van der Waals surface area contributed by atoms with E-state index in [1.165, 1.54) is 6.42 Å². The molecular weight excluding hydrogens is 200 g/mol. The molecule has 16 heavy (non-hydrogen) atoms. The molecule has 0 saturated carbocycles. The number of unbranched alkanes of at least 4 members (excludes halogenated alkanes) is 1. The largest absolute Gasteiger partial charge is 0.350 e. The van der Waals surface area contributed by atoms with Crippen LogP contribution < -0.4 is 0 Å². The summed E-state index contributed by atoms with van der Waals surface area (Å²) in [5.41, 5.74) is 0. The zero-order valence-electron chi connectivity index (χ0n) is 12.0. The van der Waals surface area contributed by atoms with Crippen molar-refractivity contribution in [3.63, 3.8) is 0 Å². The minimum absolute atomic E-state index is 0.384. The predicted molar refractivity (Wildman–Crippen MR) is 69.5 cm³/mol. The van der Waals surface area contributed by atoms with E-state index in [0.717, 1.165) is 26.1 Å². The van der Waals surface area contributed by atoms with E-state index in [9.17, 15) is 0 Å². The highest BCUT2D eigenvalue weighted by Crippen LogP contribution is 2.22. The Morgan fingerprint density at radius 2 is 1.38 bits per heavy atom. The minimum atomic E-state index is -0.384. The first-order valence-corrected chi connectivity index (χ1v) is 6.67. The Morgan fingerprint density at radius 3 is 1.69 bits per heavy atom. The maximum atomic E-state index is 5.92. The molecule has 0 aromatic rings. The van der Waals surface area contributed by atoms with Gasteiger partial charge < -0.3 is 9.47 Å². The lowest BCUT2D eigenvalue weighted by Crippen LogP contribution is -2.35. The average Bonchev–Trinajstić information content (AvgIpc) is 2.21. The van der Waals surface area contributed by atoms with Gasteiger partial charge in [0.2, 0.25) is 0 Å². The normalized spacial score (nSPS) is 12.8. The van der Waals surface area contributed by atoms with Crippen molar-refractivity contribution >= 4 is 0 Å². The molecule has 0 N–H and O–H groups in total. The van der Waals surface area contributed by atoms with Crippen molar-refractivity contribution in [3.8, 4) is 0 Å². The van der Waals surface area contributed by atoms with Crippen LogP contribution in [0.2, 0.25) is 0 Å². The second-order valence-electron chi connectivity index (χ2n) is 5.65. The highest BCUT2D eigenvalue weighted by Gasteiger charge is 2.25. The molecule has 0 saturated heterocycles. The van der Waals surface area contributed by atoms with E-state index >= 15 is 0 Å². The number of hydrogen-bond donors (Lipinski definition) is 0. The fourth-order valence-corrected chi connectivity index (χ4v) is 1.37. The molecular formula is C14H30O2. The zero-order valence-corrected chi connectivity index (χ0v) is 12.0. The van der Waals surface area contributed by atoms with Gasteiger partial charge in [-0.3, -0.25) is 0 Å². The van der Waals surface area contributed by atoms with E-state index in [4.69, 9.17) is 9.47 Å². The quantitative estimate of drug-likeness (QED) is 0.552. The first-order chi connectivity index (χ1) is 7.39. The van der Waals surface area contributed by atoms with Crippen LogP contribution in [0.3, 0.4) is 0 Å². The van der Waals surface area contributed by atoms with E-state index < -0.39 is 0 Å². The van der Waals surface area contributed by atoms with Gasteiger partial charge in [-0.05, 0) is 25.2 Å². The highest BCUT2D eigenvalue weighted by atomic mass is 16.7. The maximum Gasteiger partial charge on any atom is 0.165 e. The topological polar surface area (TPSA) is 18.5 Å². The summed E-state index contributed by atoms with van der Waals surface area (Å²) < 4.78 is 11.8. The Labute approximate surface area is 102 Å². The van der Waals surface area contributed by atoms with E-state index in [1.807, 2.05) is 0 Å². The molecule has 2 nitrogen and oxygen atoms in total. The van der Waals surface area contributed by atoms with Crippen molar-refractivity contribution in [2.75, 3.05) is 13.2 Å². The van der Waals surface area contributed by atoms with Crippen LogP contribution in [-0.4, -0.2) is 19.0 Å². The van der Waals surface area contributed by atoms with Crippen LogP contribution in [0.1, 0.15) is 60.8 Å². The Kier molecular flexibility index (Phi) is 8.04. The lowest BCUT2D eigenvalue weighted by atomic mass is 10.1. The second-order valence-corrected chi connectivity index (χ2v) is 5.65. The van der Waals surface area contributed by atoms with Gasteiger partial charge >= 0.3 is 0 Å². The van der Waals surface area contributed by atoms with E-state index in [0.29, 0.717) is 11.8 Å². The molecule has 0 rings (SSSR count). The molecule has 0 aromatic carbocycles. The predicted octanol–water partition coefficient (Wildman–Crippen LogP) is 4.24. The van der Waals surface area contributed by atoms with Crippen molar-refractivity contribution < 1.29 is 9.47 Å². The lowest BCUT2D eigenvalue weighted by molar-refractivity contribution is -0.238. The molecule has 0 aliphatic heterocycles. The molecule has 98 valence electrons. The minimum Gasteiger partial charge on any atom is -0.350 e. The summed E-state index contributed by atoms with van der Waals surface area (Å²) in [7, 11) is 0. The third kappa shape index (κ3) is 8.12. The summed E-state index contributed by atoms with van der Waals surface area (Å²) in [6.45, 7) is 14.5. The molecule has 0 aliphatic rings. The number of ether oxygens (including phenoxy) is 2. The molecule has 0 fully saturated rings. The van der Waals surface area contributed by atoms with Crippen LogP contribution in [0, 0.1) is 11.8 Å². The fourth-order valence-electron chi connectivity index (χ4n) is 1.37. The van der Waals surface area contributed by atoms with Gasteiger partial charge in [0.1, 0.15) is 0 Å². The van der Waals surface area contributed by atoms with E-state index in [-0.39, 0.29) is 5.79 Å². The second kappa shape index (κ2) is 8.08. The smallest absolute Gasteiger partial charge is 0.165 e. The Hall–Kier alpha value is -0.0800. The van der Waals surface area contributed by atoms with Crippen molar-refractivity contribution in [1.29, 1.82) is 0 Å². The summed E-state index contributed by atoms with van der Waals surface area (Å²) in [4.78, 5) is 0. The summed E-state index contributed by atoms with van der Waals surface area (Å²) >= 11 is 0. The number of hydrogen-bond acceptors (Lipinski definition) is 2. The third-order valence-electron chi connectivity index (χ3n) is 2.43. The van der Waals surface area contributed by atoms with Gasteiger partial charge in [-0.1, -0.05) is 41.0 Å². The molecule has 0 heterocycles. The summed E-state index contributed by atoms with van der Waals surface area (Å²) in [5.74, 6) is 0.733. The molecule has 0 aliphatic carbocycles. The van der Waals surface area contributed by atoms with Crippen LogP contribution in [0.15, 0.2) is 0 Å². The molecule has 0 spiro atoms. The van der Waals surface area contributed by atoms with Crippen molar-refractivity contribution in [3.05, 3.63) is 0 Å². The SMILES string of the molecule is CCCCC(C)(OCC(C)C)OCC(C)C. The monoisotopic (exact) mass is 230 g/mol. The van der Waals surface area contributed by atoms with Gasteiger partial charge in [0.05, 0.1) is 13.2 Å². The summed E-state index contributed by atoms with van der Waals surface area (Å²) in [6.07, 6.45) is 3.33. The Morgan fingerprint density at radius 1 is 0.938 bits per heavy atom. The zero-order chi connectivity index (χ0) is 12.6. The van der Waals surface area contributed by atoms with Crippen molar-refractivity contribution in [2.45, 2.75) is 66.6 Å². The van der Waals surface area contributed by atoms with Crippen LogP contribution in [-0.2, 0) is 9.47 Å². The van der Waals surface area contributed by atoms with Crippen LogP contribution in [0.5, 0.6) is 0 Å². The molecule has 0 aromatic heterocycles. The first kappa shape index (κ1) is 15.9. The third-order valence-corrected chi connectivity index (χ3v) is 2.43. The van der Waals surface area contributed by atoms with E-state index in [1.54, 1.807) is 0 Å². The maximum absolute atomic E-state index is 5.92. The van der Waals surface area contributed by atoms with Crippen LogP contribution >= 0.6 is 0 Å². The molecule has 0 atom stereocenters. The van der Waals surface area contributed by atoms with Gasteiger partial charge in [-0.25, -0.2) is 0 Å². The Balaban J connectivity index is 4.12. The van der Waals surface area contributed by atoms with Crippen molar-refractivity contribution in [1.82, 2.24) is 0 Å². The van der Waals surface area contributed by atoms with E-state index in [2.05, 4.69) is 41.5 Å². The number of rotatable bonds is 9. The lowest BCUT2D eigenvalue weighted by Gasteiger charge is -2.31. The molecule has 0 amide bonds. The Bertz CT molecular complexity index is 152.